The Balaban J connectivity index is 1.66. The highest BCUT2D eigenvalue weighted by Gasteiger charge is 2.32. The van der Waals surface area contributed by atoms with E-state index in [0.29, 0.717) is 16.3 Å². The third-order valence-electron chi connectivity index (χ3n) is 4.09. The summed E-state index contributed by atoms with van der Waals surface area (Å²) in [7, 11) is 0. The van der Waals surface area contributed by atoms with Crippen molar-refractivity contribution in [1.82, 2.24) is 10.2 Å². The molecule has 2 amide bonds. The van der Waals surface area contributed by atoms with Crippen molar-refractivity contribution < 1.29 is 9.59 Å². The Kier molecular flexibility index (Phi) is 4.40. The van der Waals surface area contributed by atoms with E-state index >= 15 is 0 Å². The monoisotopic (exact) mass is 340 g/mol. The van der Waals surface area contributed by atoms with Crippen LogP contribution in [0.15, 0.2) is 55.1 Å². The number of halogens is 1. The maximum Gasteiger partial charge on any atom is 0.259 e. The minimum atomic E-state index is -0.236. The summed E-state index contributed by atoms with van der Waals surface area (Å²) < 4.78 is 0. The maximum absolute atomic E-state index is 12.4. The molecule has 4 nitrogen and oxygen atoms in total. The summed E-state index contributed by atoms with van der Waals surface area (Å²) in [6.07, 6.45) is 0. The Morgan fingerprint density at radius 2 is 1.79 bits per heavy atom. The van der Waals surface area contributed by atoms with E-state index in [0.717, 1.165) is 11.1 Å². The Morgan fingerprint density at radius 3 is 2.42 bits per heavy atom. The molecule has 1 aliphatic rings. The first-order valence-electron chi connectivity index (χ1n) is 7.62. The van der Waals surface area contributed by atoms with Crippen LogP contribution < -0.4 is 5.32 Å². The van der Waals surface area contributed by atoms with Gasteiger partial charge in [-0.1, -0.05) is 48.5 Å². The van der Waals surface area contributed by atoms with Gasteiger partial charge in [-0.25, -0.2) is 0 Å². The van der Waals surface area contributed by atoms with Crippen molar-refractivity contribution in [2.24, 2.45) is 0 Å². The fraction of sp³-hybridized carbons (Fsp3) is 0.158. The summed E-state index contributed by atoms with van der Waals surface area (Å²) in [6, 6.07) is 14.3. The number of nitrogens with one attached hydrogen (secondary N) is 1. The van der Waals surface area contributed by atoms with Crippen LogP contribution in [0.25, 0.3) is 5.70 Å². The van der Waals surface area contributed by atoms with Gasteiger partial charge in [0.25, 0.3) is 5.91 Å². The molecule has 2 aromatic carbocycles. The van der Waals surface area contributed by atoms with E-state index in [2.05, 4.69) is 11.9 Å². The predicted molar refractivity (Wildman–Crippen MR) is 94.5 cm³/mol. The number of benzene rings is 2. The SMILES string of the molecule is C=C1c2ccccc2C(=O)N1CC(=O)NC(C)c1ccc(Cl)cc1. The Bertz CT molecular complexity index is 779. The van der Waals surface area contributed by atoms with Gasteiger partial charge in [0, 0.05) is 21.8 Å². The summed E-state index contributed by atoms with van der Waals surface area (Å²) in [5.74, 6) is -0.426. The van der Waals surface area contributed by atoms with Crippen molar-refractivity contribution >= 4 is 29.1 Å². The van der Waals surface area contributed by atoms with E-state index in [4.69, 9.17) is 11.6 Å². The van der Waals surface area contributed by atoms with Gasteiger partial charge < -0.3 is 5.32 Å². The number of fused-ring (bicyclic) bond motifs is 1. The van der Waals surface area contributed by atoms with E-state index in [1.165, 1.54) is 4.90 Å². The quantitative estimate of drug-likeness (QED) is 0.923. The van der Waals surface area contributed by atoms with Crippen molar-refractivity contribution in [1.29, 1.82) is 0 Å². The van der Waals surface area contributed by atoms with Crippen LogP contribution in [0.4, 0.5) is 0 Å². The second-order valence-electron chi connectivity index (χ2n) is 5.72. The molecule has 1 atom stereocenters. The smallest absolute Gasteiger partial charge is 0.259 e. The molecule has 0 radical (unpaired) electrons. The molecule has 0 bridgehead atoms. The largest absolute Gasteiger partial charge is 0.348 e. The van der Waals surface area contributed by atoms with Crippen molar-refractivity contribution in [2.75, 3.05) is 6.54 Å². The van der Waals surface area contributed by atoms with Crippen LogP contribution in [0.1, 0.15) is 34.5 Å². The standard InChI is InChI=1S/C19H17ClN2O2/c1-12(14-7-9-15(20)10-8-14)21-18(23)11-22-13(2)16-5-3-4-6-17(16)19(22)24/h3-10,12H,2,11H2,1H3,(H,21,23). The topological polar surface area (TPSA) is 49.4 Å². The first kappa shape index (κ1) is 16.3. The number of nitrogens with zero attached hydrogens (tertiary/aromatic N) is 1. The Hall–Kier alpha value is -2.59. The van der Waals surface area contributed by atoms with Crippen molar-refractivity contribution in [3.8, 4) is 0 Å². The van der Waals surface area contributed by atoms with Gasteiger partial charge in [0.15, 0.2) is 0 Å². The molecule has 1 unspecified atom stereocenters. The molecular weight excluding hydrogens is 324 g/mol. The zero-order chi connectivity index (χ0) is 17.3. The van der Waals surface area contributed by atoms with Crippen LogP contribution in [0.2, 0.25) is 5.02 Å². The number of hydrogen-bond acceptors (Lipinski definition) is 2. The molecule has 0 saturated carbocycles. The minimum Gasteiger partial charge on any atom is -0.348 e. The third-order valence-corrected chi connectivity index (χ3v) is 4.34. The lowest BCUT2D eigenvalue weighted by molar-refractivity contribution is -0.121. The van der Waals surface area contributed by atoms with Crippen LogP contribution in [-0.4, -0.2) is 23.3 Å². The first-order chi connectivity index (χ1) is 11.5. The van der Waals surface area contributed by atoms with E-state index < -0.39 is 0 Å². The maximum atomic E-state index is 12.4. The fourth-order valence-corrected chi connectivity index (χ4v) is 2.89. The second kappa shape index (κ2) is 6.49. The summed E-state index contributed by atoms with van der Waals surface area (Å²) in [4.78, 5) is 26.1. The Morgan fingerprint density at radius 1 is 1.17 bits per heavy atom. The van der Waals surface area contributed by atoms with Crippen LogP contribution in [0.3, 0.4) is 0 Å². The van der Waals surface area contributed by atoms with E-state index in [-0.39, 0.29) is 24.4 Å². The number of rotatable bonds is 4. The van der Waals surface area contributed by atoms with Gasteiger partial charge in [0.2, 0.25) is 5.91 Å². The highest BCUT2D eigenvalue weighted by molar-refractivity contribution is 6.30. The highest BCUT2D eigenvalue weighted by atomic mass is 35.5. The van der Waals surface area contributed by atoms with E-state index in [1.54, 1.807) is 24.3 Å². The Labute approximate surface area is 145 Å². The molecule has 1 N–H and O–H groups in total. The summed E-state index contributed by atoms with van der Waals surface area (Å²) in [5, 5.41) is 3.54. The lowest BCUT2D eigenvalue weighted by atomic mass is 10.1. The van der Waals surface area contributed by atoms with Gasteiger partial charge in [0.1, 0.15) is 6.54 Å². The molecule has 122 valence electrons. The molecule has 0 saturated heterocycles. The van der Waals surface area contributed by atoms with Crippen LogP contribution in [0.5, 0.6) is 0 Å². The average Bonchev–Trinajstić information content (AvgIpc) is 2.81. The lowest BCUT2D eigenvalue weighted by Gasteiger charge is -2.19. The molecule has 0 spiro atoms. The number of carbonyl (C=O) groups excluding carboxylic acids is 2. The molecule has 0 aromatic heterocycles. The van der Waals surface area contributed by atoms with Crippen molar-refractivity contribution in [2.45, 2.75) is 13.0 Å². The number of amides is 2. The molecular formula is C19H17ClN2O2. The van der Waals surface area contributed by atoms with Crippen LogP contribution >= 0.6 is 11.6 Å². The van der Waals surface area contributed by atoms with Crippen LogP contribution in [0, 0.1) is 0 Å². The number of carbonyl (C=O) groups is 2. The lowest BCUT2D eigenvalue weighted by Crippen LogP contribution is -2.37. The molecule has 0 fully saturated rings. The van der Waals surface area contributed by atoms with Gasteiger partial charge in [-0.15, -0.1) is 0 Å². The summed E-state index contributed by atoms with van der Waals surface area (Å²) in [5.41, 5.74) is 2.87. The summed E-state index contributed by atoms with van der Waals surface area (Å²) in [6.45, 7) is 5.77. The molecule has 1 heterocycles. The molecule has 2 aromatic rings. The molecule has 3 rings (SSSR count). The van der Waals surface area contributed by atoms with E-state index in [1.807, 2.05) is 31.2 Å². The molecule has 5 heteroatoms. The van der Waals surface area contributed by atoms with Gasteiger partial charge in [-0.2, -0.15) is 0 Å². The minimum absolute atomic E-state index is 0.0513. The van der Waals surface area contributed by atoms with Gasteiger partial charge in [0.05, 0.1) is 6.04 Å². The van der Waals surface area contributed by atoms with E-state index in [9.17, 15) is 9.59 Å². The zero-order valence-corrected chi connectivity index (χ0v) is 14.0. The van der Waals surface area contributed by atoms with Gasteiger partial charge in [-0.3, -0.25) is 14.5 Å². The summed E-state index contributed by atoms with van der Waals surface area (Å²) >= 11 is 5.87. The van der Waals surface area contributed by atoms with Crippen molar-refractivity contribution in [3.63, 3.8) is 0 Å². The molecule has 0 aliphatic carbocycles. The molecule has 24 heavy (non-hydrogen) atoms. The van der Waals surface area contributed by atoms with Crippen molar-refractivity contribution in [3.05, 3.63) is 76.8 Å². The van der Waals surface area contributed by atoms with Gasteiger partial charge >= 0.3 is 0 Å². The fourth-order valence-electron chi connectivity index (χ4n) is 2.77. The van der Waals surface area contributed by atoms with Crippen LogP contribution in [-0.2, 0) is 4.79 Å². The zero-order valence-electron chi connectivity index (χ0n) is 13.3. The average molecular weight is 341 g/mol. The highest BCUT2D eigenvalue weighted by Crippen LogP contribution is 2.30. The van der Waals surface area contributed by atoms with Gasteiger partial charge in [-0.05, 0) is 30.7 Å². The third kappa shape index (κ3) is 3.05. The number of hydrogen-bond donors (Lipinski definition) is 1. The normalized spacial score (nSPS) is 14.5. The first-order valence-corrected chi connectivity index (χ1v) is 8.00. The second-order valence-corrected chi connectivity index (χ2v) is 6.16. The predicted octanol–water partition coefficient (Wildman–Crippen LogP) is 3.64. The molecule has 1 aliphatic heterocycles.